The third-order valence-electron chi connectivity index (χ3n) is 5.69. The molecule has 146 valence electrons. The number of aromatic nitrogens is 2. The van der Waals surface area contributed by atoms with E-state index in [0.717, 1.165) is 42.5 Å². The Bertz CT molecular complexity index is 698. The SMILES string of the molecule is COc1cnc(C2=C(/C)CC\C=C/C=C\2)nc1NCCC1CCCCCC1. The topological polar surface area (TPSA) is 47.0 Å². The number of rotatable bonds is 6. The normalized spacial score (nSPS) is 23.8. The highest BCUT2D eigenvalue weighted by Gasteiger charge is 2.14. The number of ether oxygens (including phenoxy) is 1. The lowest BCUT2D eigenvalue weighted by atomic mass is 9.97. The molecule has 1 aromatic rings. The van der Waals surface area contributed by atoms with Crippen molar-refractivity contribution < 1.29 is 4.74 Å². The fraction of sp³-hybridized carbons (Fsp3) is 0.565. The molecule has 1 saturated carbocycles. The molecule has 4 heteroatoms. The van der Waals surface area contributed by atoms with Gasteiger partial charge in [0.15, 0.2) is 17.4 Å². The van der Waals surface area contributed by atoms with Crippen LogP contribution in [-0.4, -0.2) is 23.6 Å². The van der Waals surface area contributed by atoms with Crippen molar-refractivity contribution in [2.75, 3.05) is 19.0 Å². The third kappa shape index (κ3) is 5.69. The minimum atomic E-state index is 0.715. The van der Waals surface area contributed by atoms with Crippen molar-refractivity contribution >= 4 is 11.4 Å². The van der Waals surface area contributed by atoms with Crippen molar-refractivity contribution in [1.29, 1.82) is 0 Å². The molecule has 2 aliphatic rings. The first-order valence-electron chi connectivity index (χ1n) is 10.5. The van der Waals surface area contributed by atoms with Crippen LogP contribution in [-0.2, 0) is 0 Å². The molecule has 2 aliphatic carbocycles. The fourth-order valence-electron chi connectivity index (χ4n) is 3.99. The highest BCUT2D eigenvalue weighted by atomic mass is 16.5. The van der Waals surface area contributed by atoms with Gasteiger partial charge in [0.05, 0.1) is 13.3 Å². The van der Waals surface area contributed by atoms with E-state index in [1.807, 2.05) is 0 Å². The van der Waals surface area contributed by atoms with Crippen molar-refractivity contribution in [3.05, 3.63) is 41.9 Å². The molecule has 1 fully saturated rings. The second-order valence-corrected chi connectivity index (χ2v) is 7.70. The van der Waals surface area contributed by atoms with Gasteiger partial charge in [-0.1, -0.05) is 68.4 Å². The lowest BCUT2D eigenvalue weighted by molar-refractivity contribution is 0.411. The Labute approximate surface area is 163 Å². The number of allylic oxidation sites excluding steroid dienone is 6. The maximum atomic E-state index is 5.49. The number of nitrogens with zero attached hydrogens (tertiary/aromatic N) is 2. The highest BCUT2D eigenvalue weighted by Crippen LogP contribution is 2.28. The van der Waals surface area contributed by atoms with Gasteiger partial charge in [0.1, 0.15) is 0 Å². The smallest absolute Gasteiger partial charge is 0.179 e. The number of nitrogens with one attached hydrogen (secondary N) is 1. The van der Waals surface area contributed by atoms with Crippen molar-refractivity contribution in [3.8, 4) is 5.75 Å². The van der Waals surface area contributed by atoms with E-state index in [4.69, 9.17) is 9.72 Å². The minimum Gasteiger partial charge on any atom is -0.491 e. The molecule has 0 radical (unpaired) electrons. The van der Waals surface area contributed by atoms with Crippen LogP contribution in [0.1, 0.15) is 70.5 Å². The lowest BCUT2D eigenvalue weighted by Gasteiger charge is -2.16. The van der Waals surface area contributed by atoms with Crippen molar-refractivity contribution in [1.82, 2.24) is 9.97 Å². The zero-order valence-corrected chi connectivity index (χ0v) is 16.8. The zero-order chi connectivity index (χ0) is 18.9. The molecular formula is C23H33N3O. The summed E-state index contributed by atoms with van der Waals surface area (Å²) in [6.45, 7) is 3.11. The largest absolute Gasteiger partial charge is 0.491 e. The monoisotopic (exact) mass is 367 g/mol. The zero-order valence-electron chi connectivity index (χ0n) is 16.8. The fourth-order valence-corrected chi connectivity index (χ4v) is 3.99. The van der Waals surface area contributed by atoms with Crippen molar-refractivity contribution in [2.24, 2.45) is 5.92 Å². The maximum Gasteiger partial charge on any atom is 0.179 e. The summed E-state index contributed by atoms with van der Waals surface area (Å²) in [5.41, 5.74) is 2.44. The van der Waals surface area contributed by atoms with Crippen molar-refractivity contribution in [2.45, 2.75) is 64.7 Å². The van der Waals surface area contributed by atoms with Crippen LogP contribution in [0.15, 0.2) is 36.1 Å². The van der Waals surface area contributed by atoms with E-state index in [2.05, 4.69) is 41.5 Å². The first-order valence-corrected chi connectivity index (χ1v) is 10.5. The van der Waals surface area contributed by atoms with Crippen LogP contribution < -0.4 is 10.1 Å². The molecule has 0 aromatic carbocycles. The maximum absolute atomic E-state index is 5.49. The van der Waals surface area contributed by atoms with Crippen LogP contribution >= 0.6 is 0 Å². The molecule has 0 bridgehead atoms. The van der Waals surface area contributed by atoms with Gasteiger partial charge in [-0.15, -0.1) is 0 Å². The van der Waals surface area contributed by atoms with Gasteiger partial charge in [-0.05, 0) is 32.1 Å². The predicted octanol–water partition coefficient (Wildman–Crippen LogP) is 5.94. The molecule has 0 atom stereocenters. The molecule has 1 N–H and O–H groups in total. The predicted molar refractivity (Wildman–Crippen MR) is 113 cm³/mol. The summed E-state index contributed by atoms with van der Waals surface area (Å²) in [7, 11) is 1.68. The number of hydrogen-bond donors (Lipinski definition) is 1. The quantitative estimate of drug-likeness (QED) is 0.632. The summed E-state index contributed by atoms with van der Waals surface area (Å²) in [5, 5.41) is 3.52. The molecule has 1 heterocycles. The molecule has 1 aromatic heterocycles. The van der Waals surface area contributed by atoms with Crippen LogP contribution in [0.2, 0.25) is 0 Å². The average Bonchev–Trinajstić information content (AvgIpc) is 2.94. The van der Waals surface area contributed by atoms with Crippen LogP contribution in [0.4, 0.5) is 5.82 Å². The van der Waals surface area contributed by atoms with Gasteiger partial charge < -0.3 is 10.1 Å². The Morgan fingerprint density at radius 2 is 1.96 bits per heavy atom. The van der Waals surface area contributed by atoms with E-state index in [-0.39, 0.29) is 0 Å². The standard InChI is InChI=1S/C23H33N3O/c1-18-11-7-3-6-10-14-20(18)22-25-17-21(27-2)23(26-22)24-16-15-19-12-8-4-5-9-13-19/h3,6,10,14,17,19H,4-5,7-9,11-13,15-16H2,1-2H3,(H,24,25,26)/b6-3-,14-10-,20-18-. The molecule has 0 spiro atoms. The summed E-state index contributed by atoms with van der Waals surface area (Å²) in [6.07, 6.45) is 21.9. The van der Waals surface area contributed by atoms with Gasteiger partial charge in [0.25, 0.3) is 0 Å². The lowest BCUT2D eigenvalue weighted by Crippen LogP contribution is -2.11. The van der Waals surface area contributed by atoms with Gasteiger partial charge in [-0.25, -0.2) is 9.97 Å². The second kappa shape index (κ2) is 10.3. The molecule has 27 heavy (non-hydrogen) atoms. The molecule has 3 rings (SSSR count). The molecule has 0 unspecified atom stereocenters. The van der Waals surface area contributed by atoms with E-state index in [0.29, 0.717) is 5.75 Å². The average molecular weight is 368 g/mol. The molecule has 0 saturated heterocycles. The minimum absolute atomic E-state index is 0.715. The van der Waals surface area contributed by atoms with Crippen LogP contribution in [0, 0.1) is 5.92 Å². The highest BCUT2D eigenvalue weighted by molar-refractivity contribution is 5.74. The molecule has 4 nitrogen and oxygen atoms in total. The van der Waals surface area contributed by atoms with Crippen LogP contribution in [0.3, 0.4) is 0 Å². The van der Waals surface area contributed by atoms with Gasteiger partial charge in [-0.3, -0.25) is 0 Å². The summed E-state index contributed by atoms with van der Waals surface area (Å²) in [6, 6.07) is 0. The van der Waals surface area contributed by atoms with Gasteiger partial charge in [0.2, 0.25) is 0 Å². The van der Waals surface area contributed by atoms with E-state index >= 15 is 0 Å². The van der Waals surface area contributed by atoms with Gasteiger partial charge >= 0.3 is 0 Å². The Balaban J connectivity index is 1.71. The summed E-state index contributed by atoms with van der Waals surface area (Å²) < 4.78 is 5.49. The molecular weight excluding hydrogens is 334 g/mol. The van der Waals surface area contributed by atoms with Crippen LogP contribution in [0.25, 0.3) is 5.57 Å². The Morgan fingerprint density at radius 3 is 2.74 bits per heavy atom. The third-order valence-corrected chi connectivity index (χ3v) is 5.69. The molecule has 0 aliphatic heterocycles. The van der Waals surface area contributed by atoms with E-state index in [9.17, 15) is 0 Å². The Hall–Kier alpha value is -2.10. The van der Waals surface area contributed by atoms with E-state index in [1.54, 1.807) is 13.3 Å². The van der Waals surface area contributed by atoms with E-state index in [1.165, 1.54) is 50.5 Å². The van der Waals surface area contributed by atoms with E-state index < -0.39 is 0 Å². The Morgan fingerprint density at radius 1 is 1.15 bits per heavy atom. The number of anilines is 1. The summed E-state index contributed by atoms with van der Waals surface area (Å²) in [4.78, 5) is 9.37. The summed E-state index contributed by atoms with van der Waals surface area (Å²) in [5.74, 6) is 3.14. The molecule has 0 amide bonds. The van der Waals surface area contributed by atoms with Gasteiger partial charge in [0, 0.05) is 12.1 Å². The van der Waals surface area contributed by atoms with Crippen LogP contribution in [0.5, 0.6) is 5.75 Å². The number of hydrogen-bond acceptors (Lipinski definition) is 4. The Kier molecular flexibility index (Phi) is 7.49. The summed E-state index contributed by atoms with van der Waals surface area (Å²) >= 11 is 0. The first kappa shape index (κ1) is 19.7. The van der Waals surface area contributed by atoms with Gasteiger partial charge in [-0.2, -0.15) is 0 Å². The number of methoxy groups -OCH3 is 1. The first-order chi connectivity index (χ1) is 13.3. The van der Waals surface area contributed by atoms with Crippen molar-refractivity contribution in [3.63, 3.8) is 0 Å². The second-order valence-electron chi connectivity index (χ2n) is 7.70.